The number of hydrogen-bond donors (Lipinski definition) is 1. The molecular formula is C10H18ClF3N2O2. The van der Waals surface area contributed by atoms with Crippen LogP contribution in [0.3, 0.4) is 0 Å². The Kier molecular flexibility index (Phi) is 6.39. The number of ether oxygens (including phenoxy) is 1. The maximum absolute atomic E-state index is 11.8. The minimum absolute atomic E-state index is 0. The molecule has 18 heavy (non-hydrogen) atoms. The van der Waals surface area contributed by atoms with Gasteiger partial charge in [-0.3, -0.25) is 4.79 Å². The summed E-state index contributed by atoms with van der Waals surface area (Å²) in [4.78, 5) is 13.0. The van der Waals surface area contributed by atoms with E-state index in [1.54, 1.807) is 0 Å². The highest BCUT2D eigenvalue weighted by atomic mass is 35.5. The summed E-state index contributed by atoms with van der Waals surface area (Å²) in [7, 11) is 0. The zero-order valence-corrected chi connectivity index (χ0v) is 10.9. The first-order valence-corrected chi connectivity index (χ1v) is 5.38. The van der Waals surface area contributed by atoms with E-state index in [0.29, 0.717) is 19.6 Å². The van der Waals surface area contributed by atoms with Crippen molar-refractivity contribution in [2.45, 2.75) is 19.5 Å². The average Bonchev–Trinajstić information content (AvgIpc) is 2.60. The number of nitrogens with zero attached hydrogens (tertiary/aromatic N) is 1. The number of alkyl halides is 3. The lowest BCUT2D eigenvalue weighted by atomic mass is 9.90. The molecule has 1 fully saturated rings. The molecule has 2 N–H and O–H groups in total. The van der Waals surface area contributed by atoms with E-state index < -0.39 is 25.3 Å². The molecule has 1 rings (SSSR count). The Labute approximate surface area is 110 Å². The van der Waals surface area contributed by atoms with E-state index in [9.17, 15) is 18.0 Å². The lowest BCUT2D eigenvalue weighted by Crippen LogP contribution is -2.36. The van der Waals surface area contributed by atoms with Gasteiger partial charge in [-0.15, -0.1) is 12.4 Å². The molecule has 1 heterocycles. The van der Waals surface area contributed by atoms with E-state index in [0.717, 1.165) is 6.42 Å². The number of rotatable bonds is 4. The van der Waals surface area contributed by atoms with Crippen LogP contribution < -0.4 is 5.73 Å². The second-order valence-electron chi connectivity index (χ2n) is 4.69. The molecule has 1 atom stereocenters. The molecule has 0 spiro atoms. The maximum atomic E-state index is 11.8. The predicted molar refractivity (Wildman–Crippen MR) is 62.5 cm³/mol. The van der Waals surface area contributed by atoms with Crippen LogP contribution in [0.5, 0.6) is 0 Å². The first-order chi connectivity index (χ1) is 7.76. The fourth-order valence-corrected chi connectivity index (χ4v) is 1.75. The van der Waals surface area contributed by atoms with Crippen LogP contribution in [0, 0.1) is 5.41 Å². The van der Waals surface area contributed by atoms with E-state index in [2.05, 4.69) is 4.74 Å². The third-order valence-corrected chi connectivity index (χ3v) is 2.89. The number of amides is 1. The Hall–Kier alpha value is -0.530. The normalized spacial score (nSPS) is 23.9. The molecule has 0 bridgehead atoms. The number of carbonyl (C=O) groups is 1. The van der Waals surface area contributed by atoms with Crippen LogP contribution in [0.25, 0.3) is 0 Å². The van der Waals surface area contributed by atoms with Gasteiger partial charge in [0.1, 0.15) is 13.2 Å². The van der Waals surface area contributed by atoms with Crippen molar-refractivity contribution in [3.05, 3.63) is 0 Å². The van der Waals surface area contributed by atoms with Crippen LogP contribution in [0.2, 0.25) is 0 Å². The number of likely N-dealkylation sites (tertiary alicyclic amines) is 1. The average molecular weight is 291 g/mol. The Morgan fingerprint density at radius 1 is 1.50 bits per heavy atom. The van der Waals surface area contributed by atoms with Gasteiger partial charge in [-0.1, -0.05) is 6.92 Å². The van der Waals surface area contributed by atoms with Gasteiger partial charge < -0.3 is 15.4 Å². The van der Waals surface area contributed by atoms with Crippen LogP contribution >= 0.6 is 12.4 Å². The monoisotopic (exact) mass is 290 g/mol. The third-order valence-electron chi connectivity index (χ3n) is 2.89. The molecule has 108 valence electrons. The lowest BCUT2D eigenvalue weighted by Gasteiger charge is -2.22. The van der Waals surface area contributed by atoms with Crippen molar-refractivity contribution < 1.29 is 22.7 Å². The minimum Gasteiger partial charge on any atom is -0.362 e. The molecule has 1 aliphatic heterocycles. The number of nitrogens with two attached hydrogens (primary N) is 1. The summed E-state index contributed by atoms with van der Waals surface area (Å²) >= 11 is 0. The third kappa shape index (κ3) is 5.41. The molecule has 1 aliphatic rings. The van der Waals surface area contributed by atoms with Gasteiger partial charge >= 0.3 is 6.18 Å². The summed E-state index contributed by atoms with van der Waals surface area (Å²) in [5.74, 6) is -0.411. The summed E-state index contributed by atoms with van der Waals surface area (Å²) < 4.78 is 39.7. The topological polar surface area (TPSA) is 55.6 Å². The van der Waals surface area contributed by atoms with Gasteiger partial charge in [0, 0.05) is 13.1 Å². The Bertz CT molecular complexity index is 289. The molecule has 1 unspecified atom stereocenters. The Balaban J connectivity index is 0.00000289. The first-order valence-electron chi connectivity index (χ1n) is 5.38. The second-order valence-corrected chi connectivity index (χ2v) is 4.69. The van der Waals surface area contributed by atoms with Gasteiger partial charge in [-0.2, -0.15) is 13.2 Å². The van der Waals surface area contributed by atoms with Gasteiger partial charge in [0.15, 0.2) is 0 Å². The first kappa shape index (κ1) is 17.5. The summed E-state index contributed by atoms with van der Waals surface area (Å²) in [6, 6.07) is 0. The van der Waals surface area contributed by atoms with Crippen LogP contribution in [0.1, 0.15) is 13.3 Å². The molecule has 0 aromatic rings. The van der Waals surface area contributed by atoms with Crippen molar-refractivity contribution in [3.8, 4) is 0 Å². The molecule has 0 aliphatic carbocycles. The quantitative estimate of drug-likeness (QED) is 0.846. The predicted octanol–water partition coefficient (Wildman–Crippen LogP) is 1.18. The van der Waals surface area contributed by atoms with Crippen LogP contribution in [-0.4, -0.2) is 49.8 Å². The molecule has 0 radical (unpaired) electrons. The second kappa shape index (κ2) is 6.58. The van der Waals surface area contributed by atoms with Crippen LogP contribution in [0.4, 0.5) is 13.2 Å². The van der Waals surface area contributed by atoms with Crippen molar-refractivity contribution in [2.24, 2.45) is 11.1 Å². The molecular weight excluding hydrogens is 273 g/mol. The summed E-state index contributed by atoms with van der Waals surface area (Å²) in [6.07, 6.45) is -3.62. The molecule has 1 saturated heterocycles. The molecule has 0 saturated carbocycles. The fraction of sp³-hybridized carbons (Fsp3) is 0.900. The Morgan fingerprint density at radius 3 is 2.56 bits per heavy atom. The molecule has 8 heteroatoms. The largest absolute Gasteiger partial charge is 0.411 e. The summed E-state index contributed by atoms with van der Waals surface area (Å²) in [5, 5.41) is 0. The zero-order valence-electron chi connectivity index (χ0n) is 10.1. The van der Waals surface area contributed by atoms with Crippen molar-refractivity contribution in [1.29, 1.82) is 0 Å². The number of halogens is 4. The molecule has 0 aromatic carbocycles. The molecule has 4 nitrogen and oxygen atoms in total. The van der Waals surface area contributed by atoms with E-state index >= 15 is 0 Å². The SMILES string of the molecule is CC1(CN)CCN(C(=O)COCC(F)(F)F)C1.Cl. The molecule has 1 amide bonds. The van der Waals surface area contributed by atoms with Crippen LogP contribution in [0.15, 0.2) is 0 Å². The van der Waals surface area contributed by atoms with E-state index in [1.807, 2.05) is 6.92 Å². The van der Waals surface area contributed by atoms with Gasteiger partial charge in [0.25, 0.3) is 0 Å². The van der Waals surface area contributed by atoms with E-state index in [4.69, 9.17) is 5.73 Å². The zero-order chi connectivity index (χ0) is 13.1. The van der Waals surface area contributed by atoms with Crippen molar-refractivity contribution in [3.63, 3.8) is 0 Å². The van der Waals surface area contributed by atoms with Crippen LogP contribution in [-0.2, 0) is 9.53 Å². The summed E-state index contributed by atoms with van der Waals surface area (Å²) in [6.45, 7) is 1.51. The van der Waals surface area contributed by atoms with Gasteiger partial charge in [-0.25, -0.2) is 0 Å². The smallest absolute Gasteiger partial charge is 0.362 e. The fourth-order valence-electron chi connectivity index (χ4n) is 1.75. The van der Waals surface area contributed by atoms with Crippen molar-refractivity contribution in [2.75, 3.05) is 32.8 Å². The highest BCUT2D eigenvalue weighted by Gasteiger charge is 2.35. The number of hydrogen-bond acceptors (Lipinski definition) is 3. The highest BCUT2D eigenvalue weighted by Crippen LogP contribution is 2.28. The van der Waals surface area contributed by atoms with Crippen molar-refractivity contribution in [1.82, 2.24) is 4.90 Å². The van der Waals surface area contributed by atoms with Gasteiger partial charge in [0.05, 0.1) is 0 Å². The molecule has 0 aromatic heterocycles. The van der Waals surface area contributed by atoms with E-state index in [1.165, 1.54) is 4.90 Å². The summed E-state index contributed by atoms with van der Waals surface area (Å²) in [5.41, 5.74) is 5.44. The van der Waals surface area contributed by atoms with Gasteiger partial charge in [-0.05, 0) is 18.4 Å². The number of carbonyl (C=O) groups excluding carboxylic acids is 1. The Morgan fingerprint density at radius 2 is 2.11 bits per heavy atom. The maximum Gasteiger partial charge on any atom is 0.411 e. The van der Waals surface area contributed by atoms with Gasteiger partial charge in [0.2, 0.25) is 5.91 Å². The minimum atomic E-state index is -4.39. The standard InChI is InChI=1S/C10H17F3N2O2.ClH/c1-9(5-14)2-3-15(6-9)8(16)4-17-7-10(11,12)13;/h2-7,14H2,1H3;1H. The van der Waals surface area contributed by atoms with E-state index in [-0.39, 0.29) is 17.8 Å². The highest BCUT2D eigenvalue weighted by molar-refractivity contribution is 5.85. The van der Waals surface area contributed by atoms with Crippen molar-refractivity contribution >= 4 is 18.3 Å². The lowest BCUT2D eigenvalue weighted by molar-refractivity contribution is -0.177.